The Hall–Kier alpha value is -3.86. The van der Waals surface area contributed by atoms with Crippen molar-refractivity contribution in [2.24, 2.45) is 4.99 Å². The van der Waals surface area contributed by atoms with Gasteiger partial charge in [-0.15, -0.1) is 0 Å². The van der Waals surface area contributed by atoms with Gasteiger partial charge in [-0.2, -0.15) is 0 Å². The molecule has 0 aliphatic carbocycles. The van der Waals surface area contributed by atoms with E-state index in [1.807, 2.05) is 74.6 Å². The number of para-hydroxylation sites is 1. The number of fused-ring (bicyclic) bond motifs is 1. The van der Waals surface area contributed by atoms with Crippen molar-refractivity contribution in [2.45, 2.75) is 20.3 Å². The van der Waals surface area contributed by atoms with Crippen LogP contribution in [0, 0.1) is 13.8 Å². The van der Waals surface area contributed by atoms with E-state index in [0.717, 1.165) is 23.2 Å². The van der Waals surface area contributed by atoms with Gasteiger partial charge in [0.05, 0.1) is 0 Å². The first-order valence-corrected chi connectivity index (χ1v) is 10.4. The molecule has 4 aromatic rings. The highest BCUT2D eigenvalue weighted by Gasteiger charge is 2.10. The molecule has 0 spiro atoms. The minimum atomic E-state index is -0.186. The number of nitrogens with one attached hydrogen (secondary N) is 3. The number of carbonyl (C=O) groups excluding carboxylic acids is 1. The van der Waals surface area contributed by atoms with Crippen LogP contribution < -0.4 is 10.6 Å². The van der Waals surface area contributed by atoms with Crippen LogP contribution in [-0.2, 0) is 6.42 Å². The predicted octanol–water partition coefficient (Wildman–Crippen LogP) is 5.23. The molecule has 0 saturated carbocycles. The highest BCUT2D eigenvalue weighted by molar-refractivity contribution is 6.10. The first-order chi connectivity index (χ1) is 15.1. The van der Waals surface area contributed by atoms with Crippen LogP contribution in [-0.4, -0.2) is 23.4 Å². The van der Waals surface area contributed by atoms with Crippen molar-refractivity contribution >= 4 is 28.5 Å². The number of aliphatic imine (C=N–C) groups is 1. The average Bonchev–Trinajstić information content (AvgIpc) is 3.18. The number of carbonyl (C=O) groups is 1. The van der Waals surface area contributed by atoms with Crippen molar-refractivity contribution in [1.29, 1.82) is 0 Å². The van der Waals surface area contributed by atoms with Gasteiger partial charge in [-0.1, -0.05) is 53.6 Å². The molecule has 5 heteroatoms. The van der Waals surface area contributed by atoms with Gasteiger partial charge in [0, 0.05) is 34.9 Å². The monoisotopic (exact) mass is 410 g/mol. The van der Waals surface area contributed by atoms with Crippen LogP contribution in [0.3, 0.4) is 0 Å². The molecular weight excluding hydrogens is 384 g/mol. The number of rotatable bonds is 5. The van der Waals surface area contributed by atoms with Crippen molar-refractivity contribution in [1.82, 2.24) is 10.3 Å². The number of aromatic amines is 1. The fourth-order valence-corrected chi connectivity index (χ4v) is 3.48. The third-order valence-corrected chi connectivity index (χ3v) is 5.15. The number of anilines is 1. The first kappa shape index (κ1) is 20.4. The summed E-state index contributed by atoms with van der Waals surface area (Å²) in [6.07, 6.45) is 2.79. The highest BCUT2D eigenvalue weighted by atomic mass is 16.1. The summed E-state index contributed by atoms with van der Waals surface area (Å²) in [7, 11) is 0. The Morgan fingerprint density at radius 1 is 0.935 bits per heavy atom. The van der Waals surface area contributed by atoms with Crippen LogP contribution in [0.1, 0.15) is 27.0 Å². The second-order valence-corrected chi connectivity index (χ2v) is 7.65. The number of nitrogens with zero attached hydrogens (tertiary/aromatic N) is 1. The van der Waals surface area contributed by atoms with Gasteiger partial charge in [0.2, 0.25) is 5.96 Å². The molecule has 1 amide bonds. The maximum Gasteiger partial charge on any atom is 0.257 e. The van der Waals surface area contributed by atoms with E-state index in [1.165, 1.54) is 16.5 Å². The van der Waals surface area contributed by atoms with Crippen molar-refractivity contribution in [3.8, 4) is 0 Å². The molecule has 3 N–H and O–H groups in total. The standard InChI is InChI=1S/C26H26N4O/c1-18-10-12-22(13-11-18)29-26(30-25(31)20-7-5-6-19(2)16-20)27-15-14-21-17-28-24-9-4-3-8-23(21)24/h3-13,16-17,28H,14-15H2,1-2H3,(H2,27,29,30,31). The lowest BCUT2D eigenvalue weighted by Crippen LogP contribution is -2.36. The van der Waals surface area contributed by atoms with Gasteiger partial charge < -0.3 is 10.3 Å². The lowest BCUT2D eigenvalue weighted by atomic mass is 10.1. The fraction of sp³-hybridized carbons (Fsp3) is 0.154. The van der Waals surface area contributed by atoms with E-state index in [0.29, 0.717) is 18.1 Å². The third-order valence-electron chi connectivity index (χ3n) is 5.15. The molecule has 31 heavy (non-hydrogen) atoms. The Bertz CT molecular complexity index is 1220. The summed E-state index contributed by atoms with van der Waals surface area (Å²) >= 11 is 0. The van der Waals surface area contributed by atoms with Gasteiger partial charge in [0.15, 0.2) is 0 Å². The summed E-state index contributed by atoms with van der Waals surface area (Å²) in [4.78, 5) is 20.7. The molecule has 5 nitrogen and oxygen atoms in total. The van der Waals surface area contributed by atoms with Crippen LogP contribution >= 0.6 is 0 Å². The van der Waals surface area contributed by atoms with Gasteiger partial charge in [0.25, 0.3) is 5.91 Å². The zero-order chi connectivity index (χ0) is 21.6. The smallest absolute Gasteiger partial charge is 0.257 e. The lowest BCUT2D eigenvalue weighted by Gasteiger charge is -2.12. The van der Waals surface area contributed by atoms with E-state index < -0.39 is 0 Å². The number of guanidine groups is 1. The van der Waals surface area contributed by atoms with Crippen molar-refractivity contribution in [3.63, 3.8) is 0 Å². The summed E-state index contributed by atoms with van der Waals surface area (Å²) in [6, 6.07) is 23.7. The Morgan fingerprint density at radius 2 is 1.74 bits per heavy atom. The van der Waals surface area contributed by atoms with E-state index in [1.54, 1.807) is 6.07 Å². The van der Waals surface area contributed by atoms with E-state index in [2.05, 4.69) is 32.7 Å². The molecule has 0 radical (unpaired) electrons. The van der Waals surface area contributed by atoms with Gasteiger partial charge >= 0.3 is 0 Å². The van der Waals surface area contributed by atoms with Crippen LogP contribution in [0.25, 0.3) is 10.9 Å². The van der Waals surface area contributed by atoms with Crippen LogP contribution in [0.5, 0.6) is 0 Å². The highest BCUT2D eigenvalue weighted by Crippen LogP contribution is 2.18. The van der Waals surface area contributed by atoms with Gasteiger partial charge in [-0.05, 0) is 56.2 Å². The fourth-order valence-electron chi connectivity index (χ4n) is 3.48. The molecule has 156 valence electrons. The first-order valence-electron chi connectivity index (χ1n) is 10.4. The molecule has 0 unspecified atom stereocenters. The maximum atomic E-state index is 12.8. The maximum absolute atomic E-state index is 12.8. The third kappa shape index (κ3) is 5.20. The lowest BCUT2D eigenvalue weighted by molar-refractivity contribution is 0.0977. The Morgan fingerprint density at radius 3 is 2.55 bits per heavy atom. The topological polar surface area (TPSA) is 69.3 Å². The van der Waals surface area contributed by atoms with E-state index in [4.69, 9.17) is 0 Å². The summed E-state index contributed by atoms with van der Waals surface area (Å²) in [5.41, 5.74) is 6.02. The molecule has 1 heterocycles. The second-order valence-electron chi connectivity index (χ2n) is 7.65. The molecule has 0 aliphatic heterocycles. The van der Waals surface area contributed by atoms with Gasteiger partial charge in [-0.3, -0.25) is 15.1 Å². The summed E-state index contributed by atoms with van der Waals surface area (Å²) < 4.78 is 0. The Labute approximate surface area is 182 Å². The van der Waals surface area contributed by atoms with E-state index >= 15 is 0 Å². The zero-order valence-electron chi connectivity index (χ0n) is 17.8. The summed E-state index contributed by atoms with van der Waals surface area (Å²) in [6.45, 7) is 4.56. The SMILES string of the molecule is Cc1ccc(NC(=NCCc2c[nH]c3ccccc23)NC(=O)c2cccc(C)c2)cc1. The number of benzene rings is 3. The Kier molecular flexibility index (Phi) is 6.13. The normalized spacial score (nSPS) is 11.5. The van der Waals surface area contributed by atoms with Gasteiger partial charge in [-0.25, -0.2) is 0 Å². The molecule has 4 rings (SSSR count). The largest absolute Gasteiger partial charge is 0.361 e. The van der Waals surface area contributed by atoms with Crippen LogP contribution in [0.15, 0.2) is 84.0 Å². The number of amides is 1. The molecule has 1 aromatic heterocycles. The number of hydrogen-bond acceptors (Lipinski definition) is 2. The van der Waals surface area contributed by atoms with Crippen molar-refractivity contribution < 1.29 is 4.79 Å². The Balaban J connectivity index is 1.51. The van der Waals surface area contributed by atoms with Crippen LogP contribution in [0.2, 0.25) is 0 Å². The van der Waals surface area contributed by atoms with E-state index in [-0.39, 0.29) is 5.91 Å². The minimum Gasteiger partial charge on any atom is -0.361 e. The number of H-pyrrole nitrogens is 1. The number of hydrogen-bond donors (Lipinski definition) is 3. The second kappa shape index (κ2) is 9.30. The van der Waals surface area contributed by atoms with Crippen molar-refractivity contribution in [3.05, 3.63) is 101 Å². The van der Waals surface area contributed by atoms with Crippen molar-refractivity contribution in [2.75, 3.05) is 11.9 Å². The number of aryl methyl sites for hydroxylation is 2. The molecule has 0 atom stereocenters. The van der Waals surface area contributed by atoms with Gasteiger partial charge in [0.1, 0.15) is 0 Å². The zero-order valence-corrected chi connectivity index (χ0v) is 17.8. The average molecular weight is 411 g/mol. The molecule has 3 aromatic carbocycles. The minimum absolute atomic E-state index is 0.186. The molecule has 0 saturated heterocycles. The number of aromatic nitrogens is 1. The summed E-state index contributed by atoms with van der Waals surface area (Å²) in [5, 5.41) is 7.39. The summed E-state index contributed by atoms with van der Waals surface area (Å²) in [5.74, 6) is 0.254. The van der Waals surface area contributed by atoms with E-state index in [9.17, 15) is 4.79 Å². The molecular formula is C26H26N4O. The predicted molar refractivity (Wildman–Crippen MR) is 128 cm³/mol. The van der Waals surface area contributed by atoms with Crippen LogP contribution in [0.4, 0.5) is 5.69 Å². The quantitative estimate of drug-likeness (QED) is 0.312. The molecule has 0 fully saturated rings. The molecule has 0 aliphatic rings. The molecule has 0 bridgehead atoms.